The topological polar surface area (TPSA) is 107 Å². The van der Waals surface area contributed by atoms with E-state index in [2.05, 4.69) is 6.58 Å². The van der Waals surface area contributed by atoms with Crippen molar-refractivity contribution in [3.8, 4) is 0 Å². The van der Waals surface area contributed by atoms with Gasteiger partial charge in [0, 0.05) is 12.2 Å². The largest absolute Gasteiger partial charge is 0.481 e. The highest BCUT2D eigenvalue weighted by molar-refractivity contribution is 6.05. The van der Waals surface area contributed by atoms with Crippen LogP contribution < -0.4 is 4.90 Å². The normalized spacial score (nSPS) is 27.5. The lowest BCUT2D eigenvalue weighted by atomic mass is 9.70. The second kappa shape index (κ2) is 10.2. The fraction of sp³-hybridized carbons (Fsp3) is 0.344. The van der Waals surface area contributed by atoms with Crippen molar-refractivity contribution in [1.82, 2.24) is 4.90 Å². The predicted molar refractivity (Wildman–Crippen MR) is 150 cm³/mol. The Balaban J connectivity index is 1.45. The van der Waals surface area contributed by atoms with Gasteiger partial charge in [-0.1, -0.05) is 66.7 Å². The van der Waals surface area contributed by atoms with E-state index in [0.29, 0.717) is 24.9 Å². The molecule has 3 saturated heterocycles. The molecule has 6 atom stereocenters. The summed E-state index contributed by atoms with van der Waals surface area (Å²) in [5.74, 6) is -3.95. The maximum atomic E-state index is 14.7. The summed E-state index contributed by atoms with van der Waals surface area (Å²) in [6.07, 6.45) is 2.17. The number of carbonyl (C=O) groups excluding carboxylic acids is 2. The van der Waals surface area contributed by atoms with E-state index in [-0.39, 0.29) is 19.1 Å². The van der Waals surface area contributed by atoms with E-state index in [1.807, 2.05) is 72.8 Å². The summed E-state index contributed by atoms with van der Waals surface area (Å²) < 4.78 is 6.37. The van der Waals surface area contributed by atoms with E-state index < -0.39 is 47.5 Å². The Morgan fingerprint density at radius 2 is 1.82 bits per heavy atom. The van der Waals surface area contributed by atoms with Crippen LogP contribution in [-0.2, 0) is 25.5 Å². The molecule has 40 heavy (non-hydrogen) atoms. The minimum absolute atomic E-state index is 0.185. The first-order valence-corrected chi connectivity index (χ1v) is 13.7. The van der Waals surface area contributed by atoms with Gasteiger partial charge in [0.05, 0.1) is 30.6 Å². The lowest BCUT2D eigenvalue weighted by Crippen LogP contribution is -2.59. The lowest BCUT2D eigenvalue weighted by molar-refractivity contribution is -0.151. The van der Waals surface area contributed by atoms with Gasteiger partial charge in [-0.2, -0.15) is 0 Å². The number of benzene rings is 3. The number of aliphatic hydroxyl groups excluding tert-OH is 1. The molecule has 0 radical (unpaired) electrons. The molecule has 206 valence electrons. The number of hydrogen-bond donors (Lipinski definition) is 2. The number of rotatable bonds is 9. The molecule has 3 aromatic carbocycles. The second-order valence-electron chi connectivity index (χ2n) is 10.9. The number of aliphatic carboxylic acids is 1. The molecule has 3 aliphatic rings. The third-order valence-corrected chi connectivity index (χ3v) is 8.80. The molecule has 0 unspecified atom stereocenters. The molecule has 8 nitrogen and oxygen atoms in total. The zero-order chi connectivity index (χ0) is 28.0. The zero-order valence-electron chi connectivity index (χ0n) is 22.1. The van der Waals surface area contributed by atoms with Gasteiger partial charge in [0.1, 0.15) is 11.6 Å². The SMILES string of the molecule is C=CCN(C(=O)[C@H]1N([C@@H](CO)Cc2ccccc2)C(=O)[C@@H]2[C@@H](C(=O)O)[C@H]3CC[C@]21O3)c1ccc2ccccc2c1. The van der Waals surface area contributed by atoms with Crippen LogP contribution in [0.4, 0.5) is 5.69 Å². The van der Waals surface area contributed by atoms with Crippen molar-refractivity contribution in [2.24, 2.45) is 11.8 Å². The lowest BCUT2D eigenvalue weighted by Gasteiger charge is -2.39. The number of amides is 2. The Morgan fingerprint density at radius 3 is 2.52 bits per heavy atom. The summed E-state index contributed by atoms with van der Waals surface area (Å²) in [5, 5.41) is 22.6. The first-order valence-electron chi connectivity index (χ1n) is 13.7. The average Bonchev–Trinajstić information content (AvgIpc) is 3.62. The fourth-order valence-corrected chi connectivity index (χ4v) is 7.13. The Morgan fingerprint density at radius 1 is 1.10 bits per heavy atom. The standard InChI is InChI=1S/C32H32N2O6/c1-2-16-33(23-13-12-21-10-6-7-11-22(21)18-23)30(37)28-32-15-14-25(40-32)26(31(38)39)27(32)29(36)34(28)24(19-35)17-20-8-4-3-5-9-20/h2-13,18,24-28,35H,1,14-17,19H2,(H,38,39)/t24-,25-,26+,27+,28-,32+/m1/s1. The third kappa shape index (κ3) is 4.01. The molecule has 3 fully saturated rings. The molecule has 2 amide bonds. The Labute approximate surface area is 232 Å². The van der Waals surface area contributed by atoms with Crippen molar-refractivity contribution in [3.05, 3.63) is 91.0 Å². The molecule has 2 N–H and O–H groups in total. The van der Waals surface area contributed by atoms with E-state index in [9.17, 15) is 24.6 Å². The minimum atomic E-state index is -1.28. The molecule has 2 bridgehead atoms. The molecule has 0 aromatic heterocycles. The maximum Gasteiger partial charge on any atom is 0.310 e. The predicted octanol–water partition coefficient (Wildman–Crippen LogP) is 3.42. The molecule has 6 rings (SSSR count). The first kappa shape index (κ1) is 26.2. The quantitative estimate of drug-likeness (QED) is 0.403. The first-order chi connectivity index (χ1) is 19.4. The number of fused-ring (bicyclic) bond motifs is 2. The van der Waals surface area contributed by atoms with Gasteiger partial charge in [-0.25, -0.2) is 0 Å². The van der Waals surface area contributed by atoms with Crippen LogP contribution in [-0.4, -0.2) is 69.8 Å². The van der Waals surface area contributed by atoms with Crippen LogP contribution in [0.25, 0.3) is 10.8 Å². The van der Waals surface area contributed by atoms with Crippen molar-refractivity contribution in [2.45, 2.75) is 43.1 Å². The number of nitrogens with zero attached hydrogens (tertiary/aromatic N) is 2. The van der Waals surface area contributed by atoms with Gasteiger partial charge in [-0.15, -0.1) is 6.58 Å². The number of carboxylic acid groups (broad SMARTS) is 1. The van der Waals surface area contributed by atoms with E-state index >= 15 is 0 Å². The van der Waals surface area contributed by atoms with Crippen molar-refractivity contribution in [1.29, 1.82) is 0 Å². The number of hydrogen-bond acceptors (Lipinski definition) is 5. The zero-order valence-corrected chi connectivity index (χ0v) is 22.1. The molecule has 3 aliphatic heterocycles. The number of aliphatic hydroxyl groups is 1. The van der Waals surface area contributed by atoms with E-state index in [4.69, 9.17) is 4.74 Å². The molecular weight excluding hydrogens is 508 g/mol. The van der Waals surface area contributed by atoms with Crippen molar-refractivity contribution in [2.75, 3.05) is 18.1 Å². The summed E-state index contributed by atoms with van der Waals surface area (Å²) in [5.41, 5.74) is 0.261. The number of carboxylic acids is 1. The molecular formula is C32H32N2O6. The van der Waals surface area contributed by atoms with Gasteiger partial charge in [0.25, 0.3) is 5.91 Å². The summed E-state index contributed by atoms with van der Waals surface area (Å²) in [6, 6.07) is 21.2. The average molecular weight is 541 g/mol. The Kier molecular flexibility index (Phi) is 6.68. The van der Waals surface area contributed by atoms with Crippen LogP contribution in [0.15, 0.2) is 85.5 Å². The van der Waals surface area contributed by atoms with E-state index in [0.717, 1.165) is 16.3 Å². The van der Waals surface area contributed by atoms with Crippen LogP contribution in [0.1, 0.15) is 18.4 Å². The number of anilines is 1. The van der Waals surface area contributed by atoms with Crippen LogP contribution in [0.2, 0.25) is 0 Å². The summed E-state index contributed by atoms with van der Waals surface area (Å²) in [6.45, 7) is 3.66. The van der Waals surface area contributed by atoms with Crippen LogP contribution in [0.3, 0.4) is 0 Å². The number of ether oxygens (including phenoxy) is 1. The Bertz CT molecular complexity index is 1470. The van der Waals surface area contributed by atoms with Gasteiger partial charge < -0.3 is 24.7 Å². The van der Waals surface area contributed by atoms with Crippen LogP contribution >= 0.6 is 0 Å². The monoisotopic (exact) mass is 540 g/mol. The molecule has 0 saturated carbocycles. The number of carbonyl (C=O) groups is 3. The molecule has 1 spiro atoms. The highest BCUT2D eigenvalue weighted by Gasteiger charge is 2.75. The van der Waals surface area contributed by atoms with Gasteiger partial charge in [-0.3, -0.25) is 14.4 Å². The molecule has 0 aliphatic carbocycles. The molecule has 3 heterocycles. The Hall–Kier alpha value is -4.01. The van der Waals surface area contributed by atoms with Gasteiger partial charge in [0.2, 0.25) is 5.91 Å². The van der Waals surface area contributed by atoms with Gasteiger partial charge in [-0.05, 0) is 47.7 Å². The summed E-state index contributed by atoms with van der Waals surface area (Å²) >= 11 is 0. The van der Waals surface area contributed by atoms with Crippen molar-refractivity contribution >= 4 is 34.2 Å². The van der Waals surface area contributed by atoms with Crippen molar-refractivity contribution in [3.63, 3.8) is 0 Å². The summed E-state index contributed by atoms with van der Waals surface area (Å²) in [4.78, 5) is 44.2. The fourth-order valence-electron chi connectivity index (χ4n) is 7.13. The van der Waals surface area contributed by atoms with E-state index in [1.165, 1.54) is 4.90 Å². The van der Waals surface area contributed by atoms with Crippen LogP contribution in [0.5, 0.6) is 0 Å². The molecule has 3 aromatic rings. The van der Waals surface area contributed by atoms with Gasteiger partial charge in [0.15, 0.2) is 0 Å². The van der Waals surface area contributed by atoms with Crippen molar-refractivity contribution < 1.29 is 29.3 Å². The van der Waals surface area contributed by atoms with E-state index in [1.54, 1.807) is 11.0 Å². The highest BCUT2D eigenvalue weighted by Crippen LogP contribution is 2.59. The second-order valence-corrected chi connectivity index (χ2v) is 10.9. The highest BCUT2D eigenvalue weighted by atomic mass is 16.5. The van der Waals surface area contributed by atoms with Crippen LogP contribution in [0, 0.1) is 11.8 Å². The summed E-state index contributed by atoms with van der Waals surface area (Å²) in [7, 11) is 0. The van der Waals surface area contributed by atoms with Gasteiger partial charge >= 0.3 is 5.97 Å². The molecule has 8 heteroatoms. The number of likely N-dealkylation sites (tertiary alicyclic amines) is 1. The smallest absolute Gasteiger partial charge is 0.310 e. The maximum absolute atomic E-state index is 14.7. The third-order valence-electron chi connectivity index (χ3n) is 8.80. The minimum Gasteiger partial charge on any atom is -0.481 e.